The summed E-state index contributed by atoms with van der Waals surface area (Å²) in [6, 6.07) is 5.61. The first-order valence-corrected chi connectivity index (χ1v) is 10.0. The largest absolute Gasteiger partial charge is 0.354 e. The molecule has 0 atom stereocenters. The number of nitrogens with zero attached hydrogens (tertiary/aromatic N) is 4. The lowest BCUT2D eigenvalue weighted by atomic mass is 9.65. The molecule has 1 aromatic heterocycles. The third kappa shape index (κ3) is 3.55. The normalized spacial score (nSPS) is 28.2. The number of hydrogen-bond donors (Lipinski definition) is 0. The Labute approximate surface area is 144 Å². The summed E-state index contributed by atoms with van der Waals surface area (Å²) in [7, 11) is -3.20. The van der Waals surface area contributed by atoms with Crippen LogP contribution in [0.15, 0.2) is 18.3 Å². The molecule has 2 heterocycles. The first-order valence-electron chi connectivity index (χ1n) is 8.40. The summed E-state index contributed by atoms with van der Waals surface area (Å²) in [5.41, 5.74) is 0.479. The zero-order valence-corrected chi connectivity index (χ0v) is 15.1. The van der Waals surface area contributed by atoms with Crippen LogP contribution >= 0.6 is 0 Å². The van der Waals surface area contributed by atoms with Gasteiger partial charge < -0.3 is 4.90 Å². The predicted octanol–water partition coefficient (Wildman–Crippen LogP) is 1.84. The maximum absolute atomic E-state index is 12.7. The van der Waals surface area contributed by atoms with E-state index in [1.807, 2.05) is 6.07 Å². The van der Waals surface area contributed by atoms with Crippen molar-refractivity contribution < 1.29 is 8.42 Å². The molecule has 7 heteroatoms. The van der Waals surface area contributed by atoms with Crippen LogP contribution < -0.4 is 4.90 Å². The van der Waals surface area contributed by atoms with Crippen LogP contribution in [0.25, 0.3) is 0 Å². The van der Waals surface area contributed by atoms with Crippen LogP contribution in [0.1, 0.15) is 32.3 Å². The number of rotatable bonds is 4. The lowest BCUT2D eigenvalue weighted by molar-refractivity contribution is 0.113. The van der Waals surface area contributed by atoms with E-state index >= 15 is 0 Å². The van der Waals surface area contributed by atoms with E-state index in [4.69, 9.17) is 5.26 Å². The highest BCUT2D eigenvalue weighted by molar-refractivity contribution is 7.89. The van der Waals surface area contributed by atoms with Crippen LogP contribution in [-0.2, 0) is 10.0 Å². The summed E-state index contributed by atoms with van der Waals surface area (Å²) in [6.45, 7) is 6.51. The topological polar surface area (TPSA) is 77.3 Å². The molecule has 3 rings (SSSR count). The quantitative estimate of drug-likeness (QED) is 0.830. The smallest absolute Gasteiger partial charge is 0.214 e. The molecular weight excluding hydrogens is 324 g/mol. The van der Waals surface area contributed by atoms with Crippen molar-refractivity contribution in [3.05, 3.63) is 23.9 Å². The molecule has 1 aliphatic heterocycles. The van der Waals surface area contributed by atoms with Crippen LogP contribution in [0, 0.1) is 22.7 Å². The Kier molecular flexibility index (Phi) is 4.54. The fraction of sp³-hybridized carbons (Fsp3) is 0.647. The summed E-state index contributed by atoms with van der Waals surface area (Å²) in [6.07, 6.45) is 3.56. The van der Waals surface area contributed by atoms with Crippen LogP contribution in [0.3, 0.4) is 0 Å². The van der Waals surface area contributed by atoms with Crippen molar-refractivity contribution in [2.45, 2.75) is 26.7 Å². The lowest BCUT2D eigenvalue weighted by Crippen LogP contribution is -2.52. The van der Waals surface area contributed by atoms with Crippen molar-refractivity contribution in [3.8, 4) is 6.07 Å². The first-order chi connectivity index (χ1) is 11.3. The fourth-order valence-electron chi connectivity index (χ4n) is 4.11. The number of piperazine rings is 1. The van der Waals surface area contributed by atoms with Gasteiger partial charge in [0.05, 0.1) is 11.3 Å². The average Bonchev–Trinajstić information content (AvgIpc) is 2.53. The second kappa shape index (κ2) is 6.34. The highest BCUT2D eigenvalue weighted by Gasteiger charge is 2.43. The van der Waals surface area contributed by atoms with Gasteiger partial charge in [0.2, 0.25) is 10.0 Å². The number of sulfonamides is 1. The second-order valence-corrected chi connectivity index (χ2v) is 9.45. The van der Waals surface area contributed by atoms with Gasteiger partial charge in [0.25, 0.3) is 0 Å². The Balaban J connectivity index is 1.59. The van der Waals surface area contributed by atoms with Gasteiger partial charge in [-0.25, -0.2) is 13.4 Å². The molecule has 2 aliphatic rings. The molecule has 0 bridgehead atoms. The van der Waals surface area contributed by atoms with Gasteiger partial charge in [-0.1, -0.05) is 13.8 Å². The van der Waals surface area contributed by atoms with Gasteiger partial charge in [0.15, 0.2) is 0 Å². The van der Waals surface area contributed by atoms with Crippen molar-refractivity contribution in [1.29, 1.82) is 5.26 Å². The van der Waals surface area contributed by atoms with Gasteiger partial charge in [-0.2, -0.15) is 9.57 Å². The highest BCUT2D eigenvalue weighted by atomic mass is 32.2. The van der Waals surface area contributed by atoms with E-state index in [1.54, 1.807) is 16.6 Å². The Morgan fingerprint density at radius 3 is 2.46 bits per heavy atom. The first kappa shape index (κ1) is 17.2. The summed E-state index contributed by atoms with van der Waals surface area (Å²) in [4.78, 5) is 6.36. The van der Waals surface area contributed by atoms with Crippen LogP contribution in [-0.4, -0.2) is 49.6 Å². The van der Waals surface area contributed by atoms with Gasteiger partial charge in [-0.05, 0) is 36.3 Å². The van der Waals surface area contributed by atoms with Crippen molar-refractivity contribution in [3.63, 3.8) is 0 Å². The van der Waals surface area contributed by atoms with Gasteiger partial charge in [-0.15, -0.1) is 0 Å². The Bertz CT molecular complexity index is 725. The minimum absolute atomic E-state index is 0.0515. The van der Waals surface area contributed by atoms with Crippen LogP contribution in [0.2, 0.25) is 0 Å². The molecule has 0 spiro atoms. The standard InChI is InChI=1S/C17H24N4O2S/c1-14-9-17(2,10-14)13-24(22,23)21-7-5-20(6-8-21)16-4-3-15(11-18)12-19-16/h3-4,12,14H,5-10,13H2,1-2H3. The molecule has 24 heavy (non-hydrogen) atoms. The van der Waals surface area contributed by atoms with E-state index in [0.29, 0.717) is 37.7 Å². The molecule has 130 valence electrons. The number of anilines is 1. The van der Waals surface area contributed by atoms with Crippen LogP contribution in [0.5, 0.6) is 0 Å². The molecule has 0 amide bonds. The Hall–Kier alpha value is -1.65. The number of pyridine rings is 1. The van der Waals surface area contributed by atoms with Gasteiger partial charge in [0.1, 0.15) is 11.9 Å². The molecule has 1 aromatic rings. The van der Waals surface area contributed by atoms with Gasteiger partial charge in [-0.3, -0.25) is 0 Å². The zero-order valence-electron chi connectivity index (χ0n) is 14.3. The molecule has 0 unspecified atom stereocenters. The van der Waals surface area contributed by atoms with Crippen LogP contribution in [0.4, 0.5) is 5.82 Å². The monoisotopic (exact) mass is 348 g/mol. The minimum Gasteiger partial charge on any atom is -0.354 e. The maximum Gasteiger partial charge on any atom is 0.214 e. The molecule has 6 nitrogen and oxygen atoms in total. The van der Waals surface area contributed by atoms with Crippen molar-refractivity contribution in [1.82, 2.24) is 9.29 Å². The molecule has 2 fully saturated rings. The average molecular weight is 348 g/mol. The van der Waals surface area contributed by atoms with Gasteiger partial charge in [0, 0.05) is 32.4 Å². The summed E-state index contributed by atoms with van der Waals surface area (Å²) < 4.78 is 27.0. The Morgan fingerprint density at radius 1 is 1.29 bits per heavy atom. The fourth-order valence-corrected chi connectivity index (χ4v) is 6.13. The zero-order chi connectivity index (χ0) is 17.4. The SMILES string of the molecule is CC1CC(C)(CS(=O)(=O)N2CCN(c3ccc(C#N)cn3)CC2)C1. The van der Waals surface area contributed by atoms with E-state index in [1.165, 1.54) is 0 Å². The molecule has 0 radical (unpaired) electrons. The summed E-state index contributed by atoms with van der Waals surface area (Å²) in [5.74, 6) is 1.70. The highest BCUT2D eigenvalue weighted by Crippen LogP contribution is 2.46. The van der Waals surface area contributed by atoms with E-state index in [9.17, 15) is 8.42 Å². The summed E-state index contributed by atoms with van der Waals surface area (Å²) in [5, 5.41) is 8.82. The lowest BCUT2D eigenvalue weighted by Gasteiger charge is -2.45. The van der Waals surface area contributed by atoms with E-state index < -0.39 is 10.0 Å². The minimum atomic E-state index is -3.20. The Morgan fingerprint density at radius 2 is 1.96 bits per heavy atom. The van der Waals surface area contributed by atoms with E-state index in [0.717, 1.165) is 18.7 Å². The third-order valence-electron chi connectivity index (χ3n) is 5.05. The summed E-state index contributed by atoms with van der Waals surface area (Å²) >= 11 is 0. The molecule has 0 N–H and O–H groups in total. The van der Waals surface area contributed by atoms with Crippen molar-refractivity contribution >= 4 is 15.8 Å². The second-order valence-electron chi connectivity index (χ2n) is 7.48. The van der Waals surface area contributed by atoms with Crippen molar-refractivity contribution in [2.24, 2.45) is 11.3 Å². The predicted molar refractivity (Wildman–Crippen MR) is 93.0 cm³/mol. The molecule has 0 aromatic carbocycles. The number of nitriles is 1. The number of hydrogen-bond acceptors (Lipinski definition) is 5. The van der Waals surface area contributed by atoms with Crippen molar-refractivity contribution in [2.75, 3.05) is 36.8 Å². The molecule has 1 saturated carbocycles. The maximum atomic E-state index is 12.7. The molecule has 1 saturated heterocycles. The third-order valence-corrected chi connectivity index (χ3v) is 7.26. The van der Waals surface area contributed by atoms with E-state index in [-0.39, 0.29) is 11.2 Å². The van der Waals surface area contributed by atoms with Gasteiger partial charge >= 0.3 is 0 Å². The van der Waals surface area contributed by atoms with E-state index in [2.05, 4.69) is 29.8 Å². The molecule has 1 aliphatic carbocycles. The number of aromatic nitrogens is 1. The molecular formula is C17H24N4O2S.